The highest BCUT2D eigenvalue weighted by molar-refractivity contribution is 5.81. The molecule has 7 N–H and O–H groups in total. The second kappa shape index (κ2) is 17.0. The Labute approximate surface area is 286 Å². The minimum atomic E-state index is -0.562. The number of allylic oxidation sites excluding steroid dienone is 1. The smallest absolute Gasteiger partial charge is 0.306 e. The summed E-state index contributed by atoms with van der Waals surface area (Å²) >= 11 is 0. The SMILES string of the molecule is CC(C)CCC[C@@H](C)[C@H]1CC[C@H]2[C@@H]3CC=C4C[C@@H](OC(=O)CCCCCNC(=O)[C@H](N)CCCN=C(N)N)CC[C@]4(C)[C@H]3CC[C@]12C. The van der Waals surface area contributed by atoms with Crippen molar-refractivity contribution >= 4 is 17.8 Å². The van der Waals surface area contributed by atoms with Crippen LogP contribution < -0.4 is 22.5 Å². The van der Waals surface area contributed by atoms with Crippen LogP contribution in [0, 0.1) is 46.3 Å². The van der Waals surface area contributed by atoms with Gasteiger partial charge in [-0.3, -0.25) is 14.6 Å². The lowest BCUT2D eigenvalue weighted by Gasteiger charge is -2.58. The minimum absolute atomic E-state index is 0.0162. The van der Waals surface area contributed by atoms with Gasteiger partial charge in [0.05, 0.1) is 6.04 Å². The number of hydrogen-bond donors (Lipinski definition) is 4. The Morgan fingerprint density at radius 1 is 0.957 bits per heavy atom. The van der Waals surface area contributed by atoms with Gasteiger partial charge in [0.1, 0.15) is 6.10 Å². The lowest BCUT2D eigenvalue weighted by Crippen LogP contribution is -2.51. The highest BCUT2D eigenvalue weighted by Gasteiger charge is 2.59. The first-order valence-electron chi connectivity index (χ1n) is 19.3. The van der Waals surface area contributed by atoms with E-state index in [1.807, 2.05) is 0 Å². The number of unbranched alkanes of at least 4 members (excludes halogenated alkanes) is 2. The van der Waals surface area contributed by atoms with Crippen molar-refractivity contribution in [3.63, 3.8) is 0 Å². The van der Waals surface area contributed by atoms with E-state index in [-0.39, 0.29) is 29.4 Å². The first-order valence-corrected chi connectivity index (χ1v) is 19.3. The summed E-state index contributed by atoms with van der Waals surface area (Å²) in [5.41, 5.74) is 18.9. The Balaban J connectivity index is 1.17. The van der Waals surface area contributed by atoms with Crippen molar-refractivity contribution in [1.82, 2.24) is 5.32 Å². The standard InChI is InChI=1S/C39H69N5O3/c1-26(2)11-9-12-27(3)31-17-18-32-30-16-15-28-25-29(19-21-38(28,4)33(30)20-22-39(31,32)5)47-35(45)14-7-6-8-23-43-36(46)34(40)13-10-24-44-37(41)42/h15,26-27,29-34H,6-14,16-25,40H2,1-5H3,(H,43,46)(H4,41,42,44)/t27-,29+,30+,31-,32+,33+,34-,38+,39-/m1/s1. The monoisotopic (exact) mass is 656 g/mol. The molecule has 4 rings (SSSR count). The zero-order valence-corrected chi connectivity index (χ0v) is 30.5. The van der Waals surface area contributed by atoms with Crippen LogP contribution >= 0.6 is 0 Å². The molecule has 9 atom stereocenters. The van der Waals surface area contributed by atoms with Crippen molar-refractivity contribution in [1.29, 1.82) is 0 Å². The average molecular weight is 656 g/mol. The number of amides is 1. The molecule has 0 spiro atoms. The molecule has 0 aliphatic heterocycles. The first-order chi connectivity index (χ1) is 22.3. The van der Waals surface area contributed by atoms with Crippen molar-refractivity contribution < 1.29 is 14.3 Å². The highest BCUT2D eigenvalue weighted by Crippen LogP contribution is 2.67. The summed E-state index contributed by atoms with van der Waals surface area (Å²) in [6.45, 7) is 13.5. The van der Waals surface area contributed by atoms with Crippen LogP contribution in [0.1, 0.15) is 144 Å². The van der Waals surface area contributed by atoms with E-state index in [9.17, 15) is 9.59 Å². The topological polar surface area (TPSA) is 146 Å². The first kappa shape index (κ1) is 37.7. The minimum Gasteiger partial charge on any atom is -0.462 e. The van der Waals surface area contributed by atoms with Crippen LogP contribution in [0.2, 0.25) is 0 Å². The van der Waals surface area contributed by atoms with Gasteiger partial charge in [0.2, 0.25) is 5.91 Å². The summed E-state index contributed by atoms with van der Waals surface area (Å²) in [7, 11) is 0. The van der Waals surface area contributed by atoms with E-state index in [0.29, 0.717) is 37.8 Å². The van der Waals surface area contributed by atoms with E-state index in [1.165, 1.54) is 51.4 Å². The molecule has 0 unspecified atom stereocenters. The van der Waals surface area contributed by atoms with Crippen LogP contribution in [-0.2, 0) is 14.3 Å². The van der Waals surface area contributed by atoms with Crippen molar-refractivity contribution in [2.24, 2.45) is 68.5 Å². The molecule has 268 valence electrons. The predicted molar refractivity (Wildman–Crippen MR) is 192 cm³/mol. The van der Waals surface area contributed by atoms with Gasteiger partial charge in [-0.15, -0.1) is 0 Å². The third-order valence-corrected chi connectivity index (χ3v) is 13.2. The number of nitrogens with zero attached hydrogens (tertiary/aromatic N) is 1. The molecule has 8 nitrogen and oxygen atoms in total. The Morgan fingerprint density at radius 2 is 1.74 bits per heavy atom. The largest absolute Gasteiger partial charge is 0.462 e. The molecule has 4 aliphatic carbocycles. The van der Waals surface area contributed by atoms with Crippen LogP contribution in [0.15, 0.2) is 16.6 Å². The lowest BCUT2D eigenvalue weighted by molar-refractivity contribution is -0.151. The van der Waals surface area contributed by atoms with Gasteiger partial charge in [-0.1, -0.05) is 72.0 Å². The van der Waals surface area contributed by atoms with Crippen LogP contribution in [0.3, 0.4) is 0 Å². The number of rotatable bonds is 17. The molecule has 0 aromatic rings. The zero-order chi connectivity index (χ0) is 34.2. The molecule has 0 aromatic heterocycles. The molecule has 8 heteroatoms. The number of carbonyl (C=O) groups excluding carboxylic acids is 2. The fourth-order valence-electron chi connectivity index (χ4n) is 10.6. The third kappa shape index (κ3) is 9.54. The number of carbonyl (C=O) groups is 2. The lowest BCUT2D eigenvalue weighted by atomic mass is 9.47. The van der Waals surface area contributed by atoms with Crippen molar-refractivity contribution in [3.8, 4) is 0 Å². The quantitative estimate of drug-likeness (QED) is 0.0437. The number of aliphatic imine (C=N–C) groups is 1. The Hall–Kier alpha value is -2.09. The second-order valence-corrected chi connectivity index (χ2v) is 16.8. The number of hydrogen-bond acceptors (Lipinski definition) is 5. The molecule has 3 saturated carbocycles. The number of esters is 1. The van der Waals surface area contributed by atoms with Crippen molar-refractivity contribution in [2.45, 2.75) is 156 Å². The molecule has 0 aromatic carbocycles. The zero-order valence-electron chi connectivity index (χ0n) is 30.5. The molecule has 0 radical (unpaired) electrons. The van der Waals surface area contributed by atoms with E-state index in [2.05, 4.69) is 51.0 Å². The van der Waals surface area contributed by atoms with E-state index >= 15 is 0 Å². The molecule has 0 heterocycles. The van der Waals surface area contributed by atoms with Gasteiger partial charge in [-0.25, -0.2) is 0 Å². The van der Waals surface area contributed by atoms with Crippen molar-refractivity contribution in [3.05, 3.63) is 11.6 Å². The molecule has 47 heavy (non-hydrogen) atoms. The van der Waals surface area contributed by atoms with Gasteiger partial charge in [0.15, 0.2) is 5.96 Å². The average Bonchev–Trinajstić information content (AvgIpc) is 3.38. The summed E-state index contributed by atoms with van der Waals surface area (Å²) in [6.07, 6.45) is 20.8. The molecular formula is C39H69N5O3. The van der Waals surface area contributed by atoms with Gasteiger partial charge < -0.3 is 27.3 Å². The molecule has 0 saturated heterocycles. The third-order valence-electron chi connectivity index (χ3n) is 13.2. The number of nitrogens with one attached hydrogen (secondary N) is 1. The molecular weight excluding hydrogens is 586 g/mol. The maximum Gasteiger partial charge on any atom is 0.306 e. The number of nitrogens with two attached hydrogens (primary N) is 3. The van der Waals surface area contributed by atoms with E-state index < -0.39 is 6.04 Å². The van der Waals surface area contributed by atoms with Crippen molar-refractivity contribution in [2.75, 3.05) is 13.1 Å². The maximum atomic E-state index is 12.8. The van der Waals surface area contributed by atoms with Gasteiger partial charge >= 0.3 is 5.97 Å². The fourth-order valence-corrected chi connectivity index (χ4v) is 10.6. The maximum absolute atomic E-state index is 12.8. The summed E-state index contributed by atoms with van der Waals surface area (Å²) in [6, 6.07) is -0.562. The predicted octanol–water partition coefficient (Wildman–Crippen LogP) is 7.00. The van der Waals surface area contributed by atoms with E-state index in [4.69, 9.17) is 21.9 Å². The van der Waals surface area contributed by atoms with E-state index in [1.54, 1.807) is 5.57 Å². The number of ether oxygens (including phenoxy) is 1. The molecule has 4 aliphatic rings. The summed E-state index contributed by atoms with van der Waals surface area (Å²) < 4.78 is 6.04. The summed E-state index contributed by atoms with van der Waals surface area (Å²) in [5.74, 6) is 4.86. The number of guanidine groups is 1. The van der Waals surface area contributed by atoms with Gasteiger partial charge in [0, 0.05) is 25.9 Å². The van der Waals surface area contributed by atoms with E-state index in [0.717, 1.165) is 74.0 Å². The van der Waals surface area contributed by atoms with Crippen LogP contribution in [0.25, 0.3) is 0 Å². The second-order valence-electron chi connectivity index (χ2n) is 16.8. The molecule has 1 amide bonds. The van der Waals surface area contributed by atoms with Crippen LogP contribution in [0.5, 0.6) is 0 Å². The summed E-state index contributed by atoms with van der Waals surface area (Å²) in [4.78, 5) is 28.9. The summed E-state index contributed by atoms with van der Waals surface area (Å²) in [5, 5.41) is 2.90. The Bertz CT molecular complexity index is 1100. The van der Waals surface area contributed by atoms with Gasteiger partial charge in [-0.2, -0.15) is 0 Å². The molecule has 3 fully saturated rings. The highest BCUT2D eigenvalue weighted by atomic mass is 16.5. The fraction of sp³-hybridized carbons (Fsp3) is 0.872. The Kier molecular flexibility index (Phi) is 13.7. The van der Waals surface area contributed by atoms with Crippen LogP contribution in [-0.4, -0.2) is 43.1 Å². The van der Waals surface area contributed by atoms with Gasteiger partial charge in [-0.05, 0) is 117 Å². The number of fused-ring (bicyclic) bond motifs is 5. The van der Waals surface area contributed by atoms with Gasteiger partial charge in [0.25, 0.3) is 0 Å². The Morgan fingerprint density at radius 3 is 2.49 bits per heavy atom. The molecule has 0 bridgehead atoms. The van der Waals surface area contributed by atoms with Crippen LogP contribution in [0.4, 0.5) is 0 Å². The normalized spacial score (nSPS) is 32.7.